The highest BCUT2D eigenvalue weighted by atomic mass is 79.9. The number of rotatable bonds is 7. The van der Waals surface area contributed by atoms with E-state index in [1.54, 1.807) is 12.4 Å². The zero-order chi connectivity index (χ0) is 31.9. The molecule has 45 heavy (non-hydrogen) atoms. The lowest BCUT2D eigenvalue weighted by Gasteiger charge is -2.36. The molecule has 2 aliphatic rings. The largest absolute Gasteiger partial charge is 0.487 e. The molecule has 2 aromatic heterocycles. The molecular weight excluding hydrogens is 632 g/mol. The van der Waals surface area contributed by atoms with Crippen LogP contribution in [0.1, 0.15) is 38.8 Å². The Morgan fingerprint density at radius 1 is 0.667 bits per heavy atom. The Kier molecular flexibility index (Phi) is 14.1. The van der Waals surface area contributed by atoms with Gasteiger partial charge in [0.2, 0.25) is 0 Å². The lowest BCUT2D eigenvalue weighted by molar-refractivity contribution is -0.0166. The highest BCUT2D eigenvalue weighted by Gasteiger charge is 2.23. The van der Waals surface area contributed by atoms with Crippen LogP contribution in [0.15, 0.2) is 102 Å². The third-order valence-electron chi connectivity index (χ3n) is 6.99. The fraction of sp³-hybridized carbons (Fsp3) is 0.389. The van der Waals surface area contributed by atoms with Gasteiger partial charge in [0.05, 0.1) is 36.8 Å². The normalized spacial score (nSPS) is 21.0. The van der Waals surface area contributed by atoms with Gasteiger partial charge in [-0.15, -0.1) is 0 Å². The molecule has 1 N–H and O–H groups in total. The Labute approximate surface area is 276 Å². The number of ether oxygens (including phenoxy) is 4. The molecular formula is C36H45BrN4O4. The number of nitrogens with one attached hydrogen (secondary N) is 1. The number of pyridine rings is 2. The van der Waals surface area contributed by atoms with Gasteiger partial charge in [-0.3, -0.25) is 0 Å². The van der Waals surface area contributed by atoms with Gasteiger partial charge in [0.15, 0.2) is 0 Å². The van der Waals surface area contributed by atoms with E-state index in [2.05, 4.69) is 75.9 Å². The molecule has 8 nitrogen and oxygen atoms in total. The molecule has 2 fully saturated rings. The topological polar surface area (TPSA) is 78.0 Å². The average molecular weight is 678 g/mol. The number of morpholine rings is 2. The summed E-state index contributed by atoms with van der Waals surface area (Å²) in [6.07, 6.45) is 4.77. The van der Waals surface area contributed by atoms with E-state index in [9.17, 15) is 0 Å². The van der Waals surface area contributed by atoms with Crippen LogP contribution in [0.25, 0.3) is 0 Å². The molecule has 4 atom stereocenters. The van der Waals surface area contributed by atoms with Gasteiger partial charge in [0, 0.05) is 26.2 Å². The van der Waals surface area contributed by atoms with Crippen LogP contribution in [-0.2, 0) is 22.7 Å². The van der Waals surface area contributed by atoms with Crippen LogP contribution >= 0.6 is 15.9 Å². The first kappa shape index (κ1) is 34.4. The second-order valence-electron chi connectivity index (χ2n) is 11.3. The molecule has 4 unspecified atom stereocenters. The molecule has 0 aliphatic carbocycles. The monoisotopic (exact) mass is 676 g/mol. The number of benzene rings is 2. The van der Waals surface area contributed by atoms with Gasteiger partial charge in [-0.25, -0.2) is 9.97 Å². The van der Waals surface area contributed by atoms with Crippen molar-refractivity contribution in [1.29, 1.82) is 0 Å². The minimum absolute atomic E-state index is 0.236. The molecule has 4 heterocycles. The van der Waals surface area contributed by atoms with Crippen LogP contribution in [0, 0.1) is 0 Å². The molecule has 2 aliphatic heterocycles. The molecule has 0 spiro atoms. The maximum Gasteiger partial charge on any atom is 0.138 e. The van der Waals surface area contributed by atoms with Gasteiger partial charge >= 0.3 is 0 Å². The number of aromatic nitrogens is 2. The maximum absolute atomic E-state index is 5.77. The van der Waals surface area contributed by atoms with Crippen LogP contribution < -0.4 is 19.7 Å². The quantitative estimate of drug-likeness (QED) is 0.208. The summed E-state index contributed by atoms with van der Waals surface area (Å²) in [4.78, 5) is 10.9. The Morgan fingerprint density at radius 2 is 1.16 bits per heavy atom. The number of halogens is 1. The Hall–Kier alpha value is -3.50. The van der Waals surface area contributed by atoms with E-state index in [-0.39, 0.29) is 12.2 Å². The van der Waals surface area contributed by atoms with Crippen molar-refractivity contribution in [1.82, 2.24) is 15.3 Å². The van der Waals surface area contributed by atoms with Crippen LogP contribution in [-0.4, -0.2) is 60.6 Å². The van der Waals surface area contributed by atoms with Crippen molar-refractivity contribution in [3.05, 3.63) is 113 Å². The molecule has 240 valence electrons. The van der Waals surface area contributed by atoms with Crippen LogP contribution in [0.3, 0.4) is 0 Å². The van der Waals surface area contributed by atoms with Crippen molar-refractivity contribution in [2.24, 2.45) is 0 Å². The predicted octanol–water partition coefficient (Wildman–Crippen LogP) is 7.08. The number of nitrogens with zero attached hydrogens (tertiary/aromatic N) is 3. The van der Waals surface area contributed by atoms with Crippen LogP contribution in [0.5, 0.6) is 11.5 Å². The highest BCUT2D eigenvalue weighted by molar-refractivity contribution is 9.10. The zero-order valence-electron chi connectivity index (χ0n) is 26.6. The van der Waals surface area contributed by atoms with E-state index in [0.29, 0.717) is 25.4 Å². The van der Waals surface area contributed by atoms with E-state index < -0.39 is 0 Å². The van der Waals surface area contributed by atoms with E-state index in [1.807, 2.05) is 72.8 Å². The fourth-order valence-electron chi connectivity index (χ4n) is 4.92. The summed E-state index contributed by atoms with van der Waals surface area (Å²) >= 11 is 3.27. The summed E-state index contributed by atoms with van der Waals surface area (Å²) in [7, 11) is 0. The third-order valence-corrected chi connectivity index (χ3v) is 7.46. The molecule has 0 saturated carbocycles. The smallest absolute Gasteiger partial charge is 0.138 e. The van der Waals surface area contributed by atoms with Crippen molar-refractivity contribution in [3.8, 4) is 11.5 Å². The van der Waals surface area contributed by atoms with Gasteiger partial charge in [-0.05, 0) is 79.0 Å². The average Bonchev–Trinajstić information content (AvgIpc) is 3.05. The first-order chi connectivity index (χ1) is 21.8. The van der Waals surface area contributed by atoms with Gasteiger partial charge in [-0.2, -0.15) is 0 Å². The van der Waals surface area contributed by atoms with E-state index >= 15 is 0 Å². The molecule has 9 heteroatoms. The van der Waals surface area contributed by atoms with Crippen LogP contribution in [0.2, 0.25) is 0 Å². The second-order valence-corrected chi connectivity index (χ2v) is 12.1. The van der Waals surface area contributed by atoms with Crippen molar-refractivity contribution in [2.45, 2.75) is 65.3 Å². The first-order valence-corrected chi connectivity index (χ1v) is 16.3. The molecule has 0 amide bonds. The summed E-state index contributed by atoms with van der Waals surface area (Å²) < 4.78 is 23.3. The second kappa shape index (κ2) is 18.5. The fourth-order valence-corrected chi connectivity index (χ4v) is 5.16. The highest BCUT2D eigenvalue weighted by Crippen LogP contribution is 2.21. The molecule has 0 bridgehead atoms. The predicted molar refractivity (Wildman–Crippen MR) is 183 cm³/mol. The van der Waals surface area contributed by atoms with Gasteiger partial charge in [0.25, 0.3) is 0 Å². The SMILES string of the molecule is Brc1ccc(OCc2ccccc2)cn1.CC1CN(c2ccc(OCc3ccccc3)cn2)CC(C)O1.CC1CNCC(C)O1. The lowest BCUT2D eigenvalue weighted by atomic mass is 10.2. The Morgan fingerprint density at radius 3 is 1.58 bits per heavy atom. The van der Waals surface area contributed by atoms with Crippen molar-refractivity contribution in [2.75, 3.05) is 31.1 Å². The van der Waals surface area contributed by atoms with E-state index in [4.69, 9.17) is 18.9 Å². The van der Waals surface area contributed by atoms with E-state index in [1.165, 1.54) is 0 Å². The summed E-state index contributed by atoms with van der Waals surface area (Å²) in [5, 5.41) is 3.26. The van der Waals surface area contributed by atoms with Gasteiger partial charge in [0.1, 0.15) is 35.1 Å². The minimum atomic E-state index is 0.236. The summed E-state index contributed by atoms with van der Waals surface area (Å²) in [5.41, 5.74) is 2.31. The Bertz CT molecular complexity index is 1350. The molecule has 2 aromatic carbocycles. The van der Waals surface area contributed by atoms with Crippen molar-refractivity contribution >= 4 is 21.7 Å². The standard InChI is InChI=1S/C18H22N2O2.C12H10BrNO.C6H13NO/c1-14-11-20(12-15(2)22-14)18-9-8-17(10-19-18)21-13-16-6-4-3-5-7-16;13-12-7-6-11(8-14-12)15-9-10-4-2-1-3-5-10;1-5-3-7-4-6(2)8-5/h3-10,14-15H,11-13H2,1-2H3;1-8H,9H2;5-7H,3-4H2,1-2H3. The molecule has 4 aromatic rings. The first-order valence-electron chi connectivity index (χ1n) is 15.5. The van der Waals surface area contributed by atoms with Gasteiger partial charge in [-0.1, -0.05) is 60.7 Å². The van der Waals surface area contributed by atoms with Gasteiger partial charge < -0.3 is 29.2 Å². The third kappa shape index (κ3) is 12.8. The molecule has 2 saturated heterocycles. The summed E-state index contributed by atoms with van der Waals surface area (Å²) in [6.45, 7) is 13.3. The number of anilines is 1. The maximum atomic E-state index is 5.77. The number of hydrogen-bond donors (Lipinski definition) is 1. The summed E-state index contributed by atoms with van der Waals surface area (Å²) in [5.74, 6) is 2.55. The van der Waals surface area contributed by atoms with Crippen LogP contribution in [0.4, 0.5) is 5.82 Å². The molecule has 6 rings (SSSR count). The number of hydrogen-bond acceptors (Lipinski definition) is 8. The zero-order valence-corrected chi connectivity index (χ0v) is 28.2. The molecule has 0 radical (unpaired) electrons. The van der Waals surface area contributed by atoms with E-state index in [0.717, 1.165) is 59.2 Å². The minimum Gasteiger partial charge on any atom is -0.487 e. The lowest BCUT2D eigenvalue weighted by Crippen LogP contribution is -2.45. The van der Waals surface area contributed by atoms with Crippen molar-refractivity contribution < 1.29 is 18.9 Å². The van der Waals surface area contributed by atoms with Crippen molar-refractivity contribution in [3.63, 3.8) is 0 Å². The summed E-state index contributed by atoms with van der Waals surface area (Å²) in [6, 6.07) is 27.9. The Balaban J connectivity index is 0.000000172.